The first kappa shape index (κ1) is 56.3. The standard InChI is InChI=1S/2C25H36O5S.Ca/c2*1-2-3-4-5-6-7-8-9-10-11-13-16-21-19-25(31(27,28)29)24(20-23(21)26)30-22-17-14-12-15-18-22;/h2*12,14-15,17-20,26H,2-11,13,16H2,1H3,(H,27,28,29);/q;;+2/p-2. The Labute approximate surface area is 408 Å². The first-order chi connectivity index (χ1) is 29.8. The van der Waals surface area contributed by atoms with Crippen LogP contribution in [0.4, 0.5) is 0 Å². The van der Waals surface area contributed by atoms with Crippen LogP contribution in [0, 0.1) is 0 Å². The molecule has 4 aromatic rings. The van der Waals surface area contributed by atoms with Gasteiger partial charge in [0.15, 0.2) is 5.75 Å². The van der Waals surface area contributed by atoms with Gasteiger partial charge in [-0.15, -0.1) is 5.75 Å². The summed E-state index contributed by atoms with van der Waals surface area (Å²) in [5.74, 6) is 0.161. The van der Waals surface area contributed by atoms with Crippen LogP contribution in [0.25, 0.3) is 0 Å². The van der Waals surface area contributed by atoms with Crippen molar-refractivity contribution in [3.05, 3.63) is 96.1 Å². The maximum Gasteiger partial charge on any atom is 2.00 e. The first-order valence-corrected chi connectivity index (χ1v) is 25.8. The number of phenols is 1. The van der Waals surface area contributed by atoms with Crippen molar-refractivity contribution in [2.24, 2.45) is 0 Å². The quantitative estimate of drug-likeness (QED) is 0.0291. The van der Waals surface area contributed by atoms with Crippen LogP contribution in [-0.2, 0) is 33.1 Å². The largest absolute Gasteiger partial charge is 2.00 e. The van der Waals surface area contributed by atoms with Crippen molar-refractivity contribution in [2.45, 2.75) is 178 Å². The minimum Gasteiger partial charge on any atom is -0.872 e. The summed E-state index contributed by atoms with van der Waals surface area (Å²) < 4.78 is 79.6. The Kier molecular flexibility index (Phi) is 28.5. The molecule has 344 valence electrons. The molecular weight excluding hydrogens is 865 g/mol. The van der Waals surface area contributed by atoms with E-state index in [2.05, 4.69) is 13.8 Å². The van der Waals surface area contributed by atoms with Gasteiger partial charge in [-0.2, -0.15) is 8.42 Å². The molecule has 0 amide bonds. The molecule has 0 bridgehead atoms. The Balaban J connectivity index is 0.000000427. The van der Waals surface area contributed by atoms with Crippen molar-refractivity contribution < 1.29 is 45.6 Å². The zero-order valence-corrected chi connectivity index (χ0v) is 41.6. The number of benzene rings is 4. The molecule has 4 aromatic carbocycles. The van der Waals surface area contributed by atoms with Gasteiger partial charge in [0.1, 0.15) is 38.0 Å². The van der Waals surface area contributed by atoms with Gasteiger partial charge >= 0.3 is 37.7 Å². The number of hydrogen-bond donors (Lipinski definition) is 2. The van der Waals surface area contributed by atoms with E-state index < -0.39 is 25.1 Å². The molecule has 0 heterocycles. The summed E-state index contributed by atoms with van der Waals surface area (Å²) in [5.41, 5.74) is 0.856. The topological polar surface area (TPSA) is 173 Å². The predicted molar refractivity (Wildman–Crippen MR) is 251 cm³/mol. The molecule has 0 fully saturated rings. The zero-order valence-electron chi connectivity index (χ0n) is 37.7. The normalized spacial score (nSPS) is 11.4. The molecule has 0 aliphatic rings. The number of phenolic OH excluding ortho intramolecular Hbond substituents is 1. The Morgan fingerprint density at radius 2 is 0.841 bits per heavy atom. The van der Waals surface area contributed by atoms with E-state index in [4.69, 9.17) is 9.47 Å². The molecule has 0 aromatic heterocycles. The van der Waals surface area contributed by atoms with E-state index in [1.54, 1.807) is 54.6 Å². The van der Waals surface area contributed by atoms with Gasteiger partial charge in [-0.05, 0) is 73.7 Å². The van der Waals surface area contributed by atoms with E-state index in [0.29, 0.717) is 35.5 Å². The van der Waals surface area contributed by atoms with Gasteiger partial charge in [0.05, 0.1) is 4.90 Å². The van der Waals surface area contributed by atoms with Crippen molar-refractivity contribution in [1.82, 2.24) is 0 Å². The van der Waals surface area contributed by atoms with Crippen molar-refractivity contribution in [1.29, 1.82) is 0 Å². The molecule has 0 saturated carbocycles. The molecule has 13 heteroatoms. The van der Waals surface area contributed by atoms with Crippen LogP contribution in [0.5, 0.6) is 34.5 Å². The third-order valence-electron chi connectivity index (χ3n) is 10.9. The number of ether oxygens (including phenoxy) is 2. The van der Waals surface area contributed by atoms with Crippen LogP contribution in [0.1, 0.15) is 166 Å². The molecule has 4 rings (SSSR count). The van der Waals surface area contributed by atoms with E-state index >= 15 is 0 Å². The molecular formula is C50H70CaO10S2. The van der Waals surface area contributed by atoms with Crippen LogP contribution in [0.2, 0.25) is 0 Å². The van der Waals surface area contributed by atoms with Gasteiger partial charge in [0, 0.05) is 6.07 Å². The summed E-state index contributed by atoms with van der Waals surface area (Å²) in [6, 6.07) is 22.0. The minimum atomic E-state index is -4.76. The zero-order chi connectivity index (χ0) is 45.1. The third-order valence-corrected chi connectivity index (χ3v) is 12.6. The van der Waals surface area contributed by atoms with E-state index in [1.807, 2.05) is 6.07 Å². The second-order valence-corrected chi connectivity index (χ2v) is 18.9. The van der Waals surface area contributed by atoms with E-state index in [9.17, 15) is 36.2 Å². The minimum absolute atomic E-state index is 0. The average Bonchev–Trinajstić information content (AvgIpc) is 3.23. The van der Waals surface area contributed by atoms with Crippen LogP contribution in [0.15, 0.2) is 94.7 Å². The van der Waals surface area contributed by atoms with Gasteiger partial charge in [0.25, 0.3) is 10.1 Å². The second-order valence-electron chi connectivity index (χ2n) is 16.2. The van der Waals surface area contributed by atoms with Gasteiger partial charge in [-0.25, -0.2) is 8.42 Å². The second kappa shape index (κ2) is 31.9. The van der Waals surface area contributed by atoms with E-state index in [0.717, 1.165) is 44.6 Å². The maximum atomic E-state index is 12.4. The summed E-state index contributed by atoms with van der Waals surface area (Å²) in [6.45, 7) is 4.46. The fourth-order valence-corrected chi connectivity index (χ4v) is 8.60. The van der Waals surface area contributed by atoms with Crippen molar-refractivity contribution in [3.8, 4) is 34.5 Å². The van der Waals surface area contributed by atoms with Crippen molar-refractivity contribution in [2.75, 3.05) is 0 Å². The van der Waals surface area contributed by atoms with E-state index in [1.165, 1.54) is 121 Å². The Bertz CT molecular complexity index is 1910. The molecule has 0 unspecified atom stereocenters. The van der Waals surface area contributed by atoms with Crippen molar-refractivity contribution in [3.63, 3.8) is 0 Å². The maximum absolute atomic E-state index is 12.4. The van der Waals surface area contributed by atoms with Gasteiger partial charge in [0.2, 0.25) is 0 Å². The summed E-state index contributed by atoms with van der Waals surface area (Å²) in [4.78, 5) is -0.804. The van der Waals surface area contributed by atoms with Gasteiger partial charge < -0.3 is 24.2 Å². The van der Waals surface area contributed by atoms with Crippen LogP contribution >= 0.6 is 0 Å². The predicted octanol–water partition coefficient (Wildman–Crippen LogP) is 13.2. The van der Waals surface area contributed by atoms with Crippen LogP contribution < -0.4 is 14.6 Å². The fourth-order valence-electron chi connectivity index (χ4n) is 7.32. The molecule has 2 N–H and O–H groups in total. The molecule has 0 spiro atoms. The van der Waals surface area contributed by atoms with Crippen molar-refractivity contribution >= 4 is 58.0 Å². The fraction of sp³-hybridized carbons (Fsp3) is 0.520. The monoisotopic (exact) mass is 934 g/mol. The number of aryl methyl sites for hydroxylation is 2. The molecule has 63 heavy (non-hydrogen) atoms. The van der Waals surface area contributed by atoms with Gasteiger partial charge in [-0.1, -0.05) is 184 Å². The Hall–Kier alpha value is -2.84. The number of aromatic hydroxyl groups is 1. The Morgan fingerprint density at radius 3 is 1.22 bits per heavy atom. The molecule has 0 radical (unpaired) electrons. The molecule has 0 saturated heterocycles. The van der Waals surface area contributed by atoms with E-state index in [-0.39, 0.29) is 65.6 Å². The van der Waals surface area contributed by atoms with Gasteiger partial charge in [-0.3, -0.25) is 4.55 Å². The molecule has 0 atom stereocenters. The smallest absolute Gasteiger partial charge is 0.872 e. The molecule has 10 nitrogen and oxygen atoms in total. The van der Waals surface area contributed by atoms with Crippen LogP contribution in [0.3, 0.4) is 0 Å². The third kappa shape index (κ3) is 23.3. The number of para-hydroxylation sites is 2. The van der Waals surface area contributed by atoms with Crippen LogP contribution in [-0.4, -0.2) is 68.8 Å². The number of hydrogen-bond acceptors (Lipinski definition) is 9. The Morgan fingerprint density at radius 1 is 0.492 bits per heavy atom. The number of unbranched alkanes of at least 4 members (excludes halogenated alkanes) is 20. The summed E-state index contributed by atoms with van der Waals surface area (Å²) >= 11 is 0. The summed E-state index contributed by atoms with van der Waals surface area (Å²) in [6.07, 6.45) is 27.6. The molecule has 0 aliphatic carbocycles. The number of rotatable bonds is 30. The first-order valence-electron chi connectivity index (χ1n) is 22.9. The SMILES string of the molecule is CCCCCCCCCCCCCc1cc(S(=O)(=O)O)c(Oc2ccccc2)cc1O.CCCCCCCCCCCCCc1cc(S(=O)(=O)[O-])c(Oc2ccccc2)cc1[O-].[Ca+2]. The summed E-state index contributed by atoms with van der Waals surface area (Å²) in [5, 5.41) is 22.8. The summed E-state index contributed by atoms with van der Waals surface area (Å²) in [7, 11) is -9.24. The molecule has 0 aliphatic heterocycles. The average molecular weight is 935 g/mol.